The van der Waals surface area contributed by atoms with Crippen LogP contribution in [0.4, 0.5) is 0 Å². The summed E-state index contributed by atoms with van der Waals surface area (Å²) in [7, 11) is 0. The van der Waals surface area contributed by atoms with Crippen LogP contribution in [-0.2, 0) is 12.8 Å². The summed E-state index contributed by atoms with van der Waals surface area (Å²) >= 11 is 0. The Morgan fingerprint density at radius 2 is 2.06 bits per heavy atom. The van der Waals surface area contributed by atoms with E-state index in [1.54, 1.807) is 0 Å². The molecule has 88 valence electrons. The summed E-state index contributed by atoms with van der Waals surface area (Å²) in [5.41, 5.74) is 2.91. The predicted octanol–water partition coefficient (Wildman–Crippen LogP) is 4.12. The summed E-state index contributed by atoms with van der Waals surface area (Å²) in [4.78, 5) is 0. The lowest BCUT2D eigenvalue weighted by atomic mass is 10.0. The van der Waals surface area contributed by atoms with Gasteiger partial charge in [-0.05, 0) is 41.7 Å². The number of unbranched alkanes of at least 4 members (excludes halogenated alkanes) is 1. The van der Waals surface area contributed by atoms with Crippen LogP contribution in [0.25, 0.3) is 10.8 Å². The predicted molar refractivity (Wildman–Crippen MR) is 71.8 cm³/mol. The van der Waals surface area contributed by atoms with Crippen molar-refractivity contribution in [3.8, 4) is 5.75 Å². The molecule has 0 spiro atoms. The molecule has 0 aliphatic heterocycles. The van der Waals surface area contributed by atoms with Crippen molar-refractivity contribution in [1.29, 1.82) is 0 Å². The average molecular weight is 226 g/mol. The van der Waals surface area contributed by atoms with Crippen molar-refractivity contribution in [3.63, 3.8) is 0 Å². The van der Waals surface area contributed by atoms with Crippen molar-refractivity contribution < 1.29 is 4.74 Å². The largest absolute Gasteiger partial charge is 0.493 e. The molecule has 2 aromatic rings. The first-order valence-corrected chi connectivity index (χ1v) is 6.56. The van der Waals surface area contributed by atoms with E-state index in [9.17, 15) is 0 Å². The highest BCUT2D eigenvalue weighted by Gasteiger charge is 2.17. The molecular weight excluding hydrogens is 208 g/mol. The van der Waals surface area contributed by atoms with Gasteiger partial charge < -0.3 is 4.74 Å². The lowest BCUT2D eigenvalue weighted by Gasteiger charge is -2.10. The molecule has 1 aliphatic rings. The van der Waals surface area contributed by atoms with Gasteiger partial charge in [-0.15, -0.1) is 0 Å². The van der Waals surface area contributed by atoms with Crippen LogP contribution in [0, 0.1) is 0 Å². The molecule has 3 rings (SSSR count). The maximum absolute atomic E-state index is 5.91. The van der Waals surface area contributed by atoms with Crippen LogP contribution in [0.3, 0.4) is 0 Å². The Labute approximate surface area is 102 Å². The van der Waals surface area contributed by atoms with Gasteiger partial charge in [0.1, 0.15) is 5.75 Å². The molecule has 1 nitrogen and oxygen atoms in total. The maximum atomic E-state index is 5.91. The lowest BCUT2D eigenvalue weighted by Crippen LogP contribution is -1.99. The number of hydrogen-bond acceptors (Lipinski definition) is 1. The fraction of sp³-hybridized carbons (Fsp3) is 0.375. The Morgan fingerprint density at radius 3 is 2.94 bits per heavy atom. The first-order chi connectivity index (χ1) is 8.40. The zero-order chi connectivity index (χ0) is 11.7. The zero-order valence-corrected chi connectivity index (χ0v) is 10.3. The summed E-state index contributed by atoms with van der Waals surface area (Å²) < 4.78 is 5.91. The number of ether oxygens (including phenoxy) is 1. The molecule has 0 bridgehead atoms. The van der Waals surface area contributed by atoms with E-state index >= 15 is 0 Å². The van der Waals surface area contributed by atoms with E-state index in [2.05, 4.69) is 37.3 Å². The van der Waals surface area contributed by atoms with Crippen molar-refractivity contribution in [1.82, 2.24) is 0 Å². The number of rotatable bonds is 4. The number of hydrogen-bond donors (Lipinski definition) is 0. The second kappa shape index (κ2) is 4.40. The minimum absolute atomic E-state index is 0.844. The van der Waals surface area contributed by atoms with E-state index in [1.807, 2.05) is 0 Å². The summed E-state index contributed by atoms with van der Waals surface area (Å²) in [6.07, 6.45) is 4.63. The second-order valence-electron chi connectivity index (χ2n) is 4.76. The van der Waals surface area contributed by atoms with Crippen molar-refractivity contribution in [2.45, 2.75) is 32.6 Å². The van der Waals surface area contributed by atoms with E-state index in [-0.39, 0.29) is 0 Å². The number of aryl methyl sites for hydroxylation is 2. The van der Waals surface area contributed by atoms with Gasteiger partial charge in [0.05, 0.1) is 6.61 Å². The quantitative estimate of drug-likeness (QED) is 0.713. The highest BCUT2D eigenvalue weighted by atomic mass is 16.5. The summed E-state index contributed by atoms with van der Waals surface area (Å²) in [5, 5.41) is 2.80. The van der Waals surface area contributed by atoms with Crippen LogP contribution in [0.5, 0.6) is 5.75 Å². The molecule has 17 heavy (non-hydrogen) atoms. The third-order valence-electron chi connectivity index (χ3n) is 3.60. The van der Waals surface area contributed by atoms with Crippen LogP contribution in [0.2, 0.25) is 0 Å². The molecule has 0 saturated carbocycles. The molecule has 0 N–H and O–H groups in total. The van der Waals surface area contributed by atoms with Gasteiger partial charge >= 0.3 is 0 Å². The molecule has 1 heteroatoms. The van der Waals surface area contributed by atoms with Crippen LogP contribution in [0.15, 0.2) is 30.3 Å². The molecule has 2 aromatic carbocycles. The van der Waals surface area contributed by atoms with Crippen molar-refractivity contribution in [3.05, 3.63) is 41.5 Å². The molecular formula is C16H18O. The third kappa shape index (κ3) is 1.80. The van der Waals surface area contributed by atoms with Gasteiger partial charge in [-0.2, -0.15) is 0 Å². The van der Waals surface area contributed by atoms with Crippen LogP contribution < -0.4 is 4.74 Å². The highest BCUT2D eigenvalue weighted by Crippen LogP contribution is 2.36. The topological polar surface area (TPSA) is 9.23 Å². The Hall–Kier alpha value is -1.50. The highest BCUT2D eigenvalue weighted by molar-refractivity contribution is 5.92. The number of benzene rings is 2. The summed E-state index contributed by atoms with van der Waals surface area (Å²) in [5.74, 6) is 1.11. The van der Waals surface area contributed by atoms with Crippen LogP contribution in [-0.4, -0.2) is 6.61 Å². The van der Waals surface area contributed by atoms with E-state index in [0.717, 1.165) is 25.2 Å². The van der Waals surface area contributed by atoms with Crippen LogP contribution in [0.1, 0.15) is 30.9 Å². The second-order valence-corrected chi connectivity index (χ2v) is 4.76. The Balaban J connectivity index is 2.00. The monoisotopic (exact) mass is 226 g/mol. The normalized spacial score (nSPS) is 13.2. The van der Waals surface area contributed by atoms with Gasteiger partial charge in [0.15, 0.2) is 0 Å². The molecule has 1 aliphatic carbocycles. The Kier molecular flexibility index (Phi) is 2.76. The van der Waals surface area contributed by atoms with E-state index < -0.39 is 0 Å². The maximum Gasteiger partial charge on any atom is 0.123 e. The molecule has 0 heterocycles. The summed E-state index contributed by atoms with van der Waals surface area (Å²) in [6.45, 7) is 3.04. The molecule has 0 radical (unpaired) electrons. The molecule has 0 unspecified atom stereocenters. The summed E-state index contributed by atoms with van der Waals surface area (Å²) in [6, 6.07) is 10.9. The van der Waals surface area contributed by atoms with Gasteiger partial charge in [0.2, 0.25) is 0 Å². The van der Waals surface area contributed by atoms with E-state index in [4.69, 9.17) is 4.74 Å². The first-order valence-electron chi connectivity index (χ1n) is 6.56. The van der Waals surface area contributed by atoms with Crippen molar-refractivity contribution in [2.24, 2.45) is 0 Å². The average Bonchev–Trinajstić information content (AvgIpc) is 2.79. The smallest absolute Gasteiger partial charge is 0.123 e. The van der Waals surface area contributed by atoms with Crippen molar-refractivity contribution in [2.75, 3.05) is 6.61 Å². The fourth-order valence-electron chi connectivity index (χ4n) is 2.69. The zero-order valence-electron chi connectivity index (χ0n) is 10.3. The molecule has 0 amide bonds. The van der Waals surface area contributed by atoms with Gasteiger partial charge in [0, 0.05) is 5.56 Å². The lowest BCUT2D eigenvalue weighted by molar-refractivity contribution is 0.307. The van der Waals surface area contributed by atoms with E-state index in [1.165, 1.54) is 34.7 Å². The van der Waals surface area contributed by atoms with Crippen LogP contribution >= 0.6 is 0 Å². The van der Waals surface area contributed by atoms with E-state index in [0.29, 0.717) is 0 Å². The molecule has 0 fully saturated rings. The minimum Gasteiger partial charge on any atom is -0.493 e. The molecule has 0 aromatic heterocycles. The first kappa shape index (κ1) is 10.6. The third-order valence-corrected chi connectivity index (χ3v) is 3.60. The fourth-order valence-corrected chi connectivity index (χ4v) is 2.69. The van der Waals surface area contributed by atoms with Gasteiger partial charge in [-0.25, -0.2) is 0 Å². The standard InChI is InChI=1S/C16H18O/c1-2-3-11-17-15-10-8-13-6-4-5-12-7-9-14(15)16(12)13/h4-6,8,10H,2-3,7,9,11H2,1H3. The van der Waals surface area contributed by atoms with Gasteiger partial charge in [0.25, 0.3) is 0 Å². The molecule has 0 atom stereocenters. The Morgan fingerprint density at radius 1 is 1.12 bits per heavy atom. The van der Waals surface area contributed by atoms with Gasteiger partial charge in [-0.3, -0.25) is 0 Å². The minimum atomic E-state index is 0.844. The molecule has 0 saturated heterocycles. The SMILES string of the molecule is CCCCOc1ccc2cccc3c2c1CC3. The Bertz CT molecular complexity index is 542. The van der Waals surface area contributed by atoms with Gasteiger partial charge in [-0.1, -0.05) is 37.6 Å². The van der Waals surface area contributed by atoms with Crippen molar-refractivity contribution >= 4 is 10.8 Å².